The predicted octanol–water partition coefficient (Wildman–Crippen LogP) is 7.15. The van der Waals surface area contributed by atoms with Crippen LogP contribution in [0.2, 0.25) is 0 Å². The van der Waals surface area contributed by atoms with E-state index in [0.717, 1.165) is 41.9 Å². The van der Waals surface area contributed by atoms with Crippen molar-refractivity contribution in [1.82, 2.24) is 14.7 Å². The summed E-state index contributed by atoms with van der Waals surface area (Å²) in [4.78, 5) is 20.3. The van der Waals surface area contributed by atoms with Gasteiger partial charge in [0.2, 0.25) is 10.0 Å². The van der Waals surface area contributed by atoms with Crippen LogP contribution in [0.25, 0.3) is 22.5 Å². The number of halogens is 3. The second-order valence-electron chi connectivity index (χ2n) is 10.5. The molecule has 4 aromatic rings. The van der Waals surface area contributed by atoms with E-state index in [9.17, 15) is 31.5 Å². The number of carboxylic acids is 1. The Labute approximate surface area is 260 Å². The normalized spacial score (nSPS) is 12.5. The van der Waals surface area contributed by atoms with Gasteiger partial charge in [0.05, 0.1) is 17.1 Å². The molecule has 0 spiro atoms. The quantitative estimate of drug-likeness (QED) is 0.132. The lowest BCUT2D eigenvalue weighted by Crippen LogP contribution is -2.42. The number of aromatic nitrogens is 2. The fourth-order valence-electron chi connectivity index (χ4n) is 4.55. The van der Waals surface area contributed by atoms with Gasteiger partial charge in [0.25, 0.3) is 0 Å². The van der Waals surface area contributed by atoms with Gasteiger partial charge in [0.1, 0.15) is 11.8 Å². The van der Waals surface area contributed by atoms with Crippen molar-refractivity contribution in [3.8, 4) is 28.3 Å². The van der Waals surface area contributed by atoms with Crippen LogP contribution in [-0.2, 0) is 27.4 Å². The van der Waals surface area contributed by atoms with Crippen molar-refractivity contribution < 1.29 is 36.2 Å². The molecule has 0 unspecified atom stereocenters. The lowest BCUT2D eigenvalue weighted by Gasteiger charge is -2.16. The van der Waals surface area contributed by atoms with Gasteiger partial charge in [0, 0.05) is 23.5 Å². The molecule has 0 amide bonds. The Morgan fingerprint density at radius 1 is 0.844 bits per heavy atom. The molecule has 8 nitrogen and oxygen atoms in total. The first kappa shape index (κ1) is 33.6. The third-order valence-electron chi connectivity index (χ3n) is 7.10. The van der Waals surface area contributed by atoms with Crippen LogP contribution in [0.5, 0.6) is 5.75 Å². The molecule has 0 aliphatic carbocycles. The Hall–Kier alpha value is -4.29. The summed E-state index contributed by atoms with van der Waals surface area (Å²) in [6, 6.07) is 15.7. The van der Waals surface area contributed by atoms with Crippen LogP contribution in [0, 0.1) is 0 Å². The van der Waals surface area contributed by atoms with Crippen molar-refractivity contribution in [1.29, 1.82) is 0 Å². The topological polar surface area (TPSA) is 118 Å². The van der Waals surface area contributed by atoms with E-state index in [1.807, 2.05) is 24.3 Å². The molecular formula is C33H34F3N3O5S. The second-order valence-corrected chi connectivity index (χ2v) is 12.2. The first-order valence-electron chi connectivity index (χ1n) is 14.5. The van der Waals surface area contributed by atoms with E-state index in [-0.39, 0.29) is 6.42 Å². The van der Waals surface area contributed by atoms with E-state index >= 15 is 0 Å². The highest BCUT2D eigenvalue weighted by Crippen LogP contribution is 2.30. The number of alkyl halides is 3. The number of carboxylic acid groups (broad SMARTS) is 1. The maximum absolute atomic E-state index is 12.8. The molecule has 1 atom stereocenters. The molecule has 1 heterocycles. The number of ether oxygens (including phenoxy) is 1. The predicted molar refractivity (Wildman–Crippen MR) is 164 cm³/mol. The first-order chi connectivity index (χ1) is 21.5. The number of sulfonamides is 1. The number of hydrogen-bond donors (Lipinski definition) is 2. The van der Waals surface area contributed by atoms with Crippen LogP contribution in [0.1, 0.15) is 50.2 Å². The monoisotopic (exact) mass is 641 g/mol. The van der Waals surface area contributed by atoms with Crippen molar-refractivity contribution in [3.05, 3.63) is 96.3 Å². The van der Waals surface area contributed by atoms with Crippen LogP contribution in [0.15, 0.2) is 90.1 Å². The average molecular weight is 642 g/mol. The van der Waals surface area contributed by atoms with Gasteiger partial charge in [-0.25, -0.2) is 18.4 Å². The van der Waals surface area contributed by atoms with E-state index in [1.54, 1.807) is 36.7 Å². The number of aliphatic carboxylic acids is 1. The average Bonchev–Trinajstić information content (AvgIpc) is 3.03. The van der Waals surface area contributed by atoms with Crippen LogP contribution >= 0.6 is 0 Å². The van der Waals surface area contributed by atoms with Gasteiger partial charge in [-0.2, -0.15) is 17.9 Å². The molecule has 0 fully saturated rings. The number of nitrogens with zero attached hydrogens (tertiary/aromatic N) is 2. The fourth-order valence-corrected chi connectivity index (χ4v) is 5.74. The molecule has 0 bridgehead atoms. The number of nitrogens with one attached hydrogen (secondary N) is 1. The molecule has 0 radical (unpaired) electrons. The number of unbranched alkanes of at least 4 members (excludes halogenated alkanes) is 4. The molecule has 12 heteroatoms. The standard InChI is InChI=1S/C33H34F3N3O5S/c1-2-3-4-5-6-19-44-28-15-11-24(12-16-28)26-21-37-31(38-22-26)25-9-7-23(8-10-25)20-30(32(40)41)39-45(42,43)29-17-13-27(14-18-29)33(34,35)36/h7-18,21-22,30,39H,2-6,19-20H2,1H3,(H,40,41)/t30-/m0/s1. The molecule has 0 saturated heterocycles. The minimum absolute atomic E-state index is 0.201. The highest BCUT2D eigenvalue weighted by atomic mass is 32.2. The third-order valence-corrected chi connectivity index (χ3v) is 8.58. The molecule has 238 valence electrons. The summed E-state index contributed by atoms with van der Waals surface area (Å²) in [5.41, 5.74) is 1.93. The lowest BCUT2D eigenvalue weighted by atomic mass is 10.0. The summed E-state index contributed by atoms with van der Waals surface area (Å²) in [5, 5.41) is 9.63. The Morgan fingerprint density at radius 2 is 1.44 bits per heavy atom. The minimum Gasteiger partial charge on any atom is -0.494 e. The third kappa shape index (κ3) is 9.60. The summed E-state index contributed by atoms with van der Waals surface area (Å²) in [6.45, 7) is 2.88. The molecule has 45 heavy (non-hydrogen) atoms. The van der Waals surface area contributed by atoms with Gasteiger partial charge >= 0.3 is 12.1 Å². The maximum atomic E-state index is 12.8. The van der Waals surface area contributed by atoms with Crippen molar-refractivity contribution in [2.45, 2.75) is 62.6 Å². The summed E-state index contributed by atoms with van der Waals surface area (Å²) in [7, 11) is -4.40. The molecule has 2 N–H and O–H groups in total. The molecular weight excluding hydrogens is 607 g/mol. The largest absolute Gasteiger partial charge is 0.494 e. The zero-order valence-electron chi connectivity index (χ0n) is 24.6. The Bertz CT molecular complexity index is 1640. The second kappa shape index (κ2) is 15.1. The number of benzene rings is 3. The van der Waals surface area contributed by atoms with Crippen molar-refractivity contribution in [3.63, 3.8) is 0 Å². The van der Waals surface area contributed by atoms with Gasteiger partial charge in [0.15, 0.2) is 5.82 Å². The van der Waals surface area contributed by atoms with Gasteiger partial charge in [-0.3, -0.25) is 4.79 Å². The number of carbonyl (C=O) groups is 1. The van der Waals surface area contributed by atoms with E-state index < -0.39 is 38.7 Å². The number of rotatable bonds is 15. The van der Waals surface area contributed by atoms with Crippen LogP contribution in [0.3, 0.4) is 0 Å². The Balaban J connectivity index is 1.35. The highest BCUT2D eigenvalue weighted by molar-refractivity contribution is 7.89. The zero-order valence-corrected chi connectivity index (χ0v) is 25.4. The van der Waals surface area contributed by atoms with Crippen molar-refractivity contribution in [2.75, 3.05) is 6.61 Å². The molecule has 3 aromatic carbocycles. The van der Waals surface area contributed by atoms with Gasteiger partial charge < -0.3 is 9.84 Å². The maximum Gasteiger partial charge on any atom is 0.416 e. The number of hydrogen-bond acceptors (Lipinski definition) is 6. The zero-order chi connectivity index (χ0) is 32.5. The molecule has 0 saturated carbocycles. The Kier molecular flexibility index (Phi) is 11.3. The van der Waals surface area contributed by atoms with E-state index in [4.69, 9.17) is 4.74 Å². The van der Waals surface area contributed by atoms with Gasteiger partial charge in [-0.05, 0) is 60.4 Å². The van der Waals surface area contributed by atoms with E-state index in [2.05, 4.69) is 21.6 Å². The SMILES string of the molecule is CCCCCCCOc1ccc(-c2cnc(-c3ccc(C[C@H](NS(=O)(=O)c4ccc(C(F)(F)F)cc4)C(=O)O)cc3)nc2)cc1. The summed E-state index contributed by atoms with van der Waals surface area (Å²) < 4.78 is 71.7. The first-order valence-corrected chi connectivity index (χ1v) is 16.0. The van der Waals surface area contributed by atoms with Crippen LogP contribution < -0.4 is 9.46 Å². The van der Waals surface area contributed by atoms with Gasteiger partial charge in [-0.1, -0.05) is 69.0 Å². The summed E-state index contributed by atoms with van der Waals surface area (Å²) >= 11 is 0. The van der Waals surface area contributed by atoms with Crippen molar-refractivity contribution >= 4 is 16.0 Å². The highest BCUT2D eigenvalue weighted by Gasteiger charge is 2.31. The molecule has 4 rings (SSSR count). The lowest BCUT2D eigenvalue weighted by molar-refractivity contribution is -0.139. The Morgan fingerprint density at radius 3 is 2.02 bits per heavy atom. The summed E-state index contributed by atoms with van der Waals surface area (Å²) in [6.07, 6.45) is 4.46. The molecule has 0 aliphatic rings. The fraction of sp³-hybridized carbons (Fsp3) is 0.303. The van der Waals surface area contributed by atoms with Crippen LogP contribution in [-0.4, -0.2) is 42.1 Å². The summed E-state index contributed by atoms with van der Waals surface area (Å²) in [5.74, 6) is -0.175. The van der Waals surface area contributed by atoms with E-state index in [1.165, 1.54) is 19.3 Å². The molecule has 0 aliphatic heterocycles. The van der Waals surface area contributed by atoms with Gasteiger partial charge in [-0.15, -0.1) is 0 Å². The smallest absolute Gasteiger partial charge is 0.416 e. The van der Waals surface area contributed by atoms with E-state index in [0.29, 0.717) is 35.7 Å². The van der Waals surface area contributed by atoms with Crippen molar-refractivity contribution in [2.24, 2.45) is 0 Å². The van der Waals surface area contributed by atoms with Crippen LogP contribution in [0.4, 0.5) is 13.2 Å². The molecule has 1 aromatic heterocycles. The minimum atomic E-state index is -4.63.